The third-order valence-corrected chi connectivity index (χ3v) is 5.70. The van der Waals surface area contributed by atoms with Crippen molar-refractivity contribution in [1.29, 1.82) is 0 Å². The van der Waals surface area contributed by atoms with E-state index in [0.717, 1.165) is 0 Å². The molecule has 0 unspecified atom stereocenters. The van der Waals surface area contributed by atoms with Crippen molar-refractivity contribution < 1.29 is 67.5 Å². The summed E-state index contributed by atoms with van der Waals surface area (Å²) in [6.07, 6.45) is 0.143. The molecular formula is C30H30O14. The first-order chi connectivity index (χ1) is 21.0. The molecule has 0 aliphatic rings. The molecular weight excluding hydrogens is 584 g/mol. The minimum absolute atomic E-state index is 0.00930. The van der Waals surface area contributed by atoms with Gasteiger partial charge in [-0.05, 0) is 74.2 Å². The fourth-order valence-corrected chi connectivity index (χ4v) is 3.35. The Labute approximate surface area is 250 Å². The molecule has 0 spiro atoms. The Bertz CT molecular complexity index is 1360. The van der Waals surface area contributed by atoms with E-state index in [-0.39, 0.29) is 74.0 Å². The second-order valence-electron chi connectivity index (χ2n) is 9.10. The first-order valence-electron chi connectivity index (χ1n) is 13.4. The summed E-state index contributed by atoms with van der Waals surface area (Å²) in [5.41, 5.74) is -0.187. The number of aromatic carboxylic acids is 1. The highest BCUT2D eigenvalue weighted by Gasteiger charge is 2.18. The van der Waals surface area contributed by atoms with Gasteiger partial charge in [-0.2, -0.15) is 0 Å². The molecule has 0 saturated heterocycles. The van der Waals surface area contributed by atoms with Crippen LogP contribution in [-0.2, 0) is 38.1 Å². The van der Waals surface area contributed by atoms with Crippen LogP contribution in [0.25, 0.3) is 0 Å². The smallest absolute Gasteiger partial charge is 0.345 e. The molecule has 0 saturated carbocycles. The number of carboxylic acids is 1. The number of hydrogen-bond acceptors (Lipinski definition) is 13. The molecule has 14 nitrogen and oxygen atoms in total. The van der Waals surface area contributed by atoms with Gasteiger partial charge in [0.15, 0.2) is 0 Å². The van der Waals surface area contributed by atoms with Crippen molar-refractivity contribution >= 4 is 47.8 Å². The lowest BCUT2D eigenvalue weighted by molar-refractivity contribution is -0.148. The number of carbonyl (C=O) groups excluding carboxylic acids is 7. The van der Waals surface area contributed by atoms with Crippen LogP contribution in [0.2, 0.25) is 0 Å². The van der Waals surface area contributed by atoms with E-state index in [0.29, 0.717) is 12.8 Å². The van der Waals surface area contributed by atoms with Crippen LogP contribution in [0.4, 0.5) is 0 Å². The topological polar surface area (TPSA) is 214 Å². The van der Waals surface area contributed by atoms with Crippen molar-refractivity contribution in [2.24, 2.45) is 0 Å². The maximum absolute atomic E-state index is 12.2. The fourth-order valence-electron chi connectivity index (χ4n) is 3.35. The predicted octanol–water partition coefficient (Wildman–Crippen LogP) is 2.79. The van der Waals surface area contributed by atoms with Crippen LogP contribution in [-0.4, -0.2) is 71.2 Å². The molecule has 2 N–H and O–H groups in total. The van der Waals surface area contributed by atoms with Crippen LogP contribution in [0.1, 0.15) is 92.8 Å². The quantitative estimate of drug-likeness (QED) is 0.120. The van der Waals surface area contributed by atoms with Crippen molar-refractivity contribution in [2.45, 2.75) is 51.4 Å². The molecule has 234 valence electrons. The standard InChI is InChI=1S/C30H30O14/c31-17-3-4-18-41-23(32)15-16-26(35)44-30(40)22-13-11-21(12-14-22)29(39)43-25(34)6-2-1-5-24(33)42-28(38)20-9-7-19(8-10-20)27(36)37/h7-14,31H,1-6,15-18H2,(H,36,37). The van der Waals surface area contributed by atoms with Crippen molar-refractivity contribution in [2.75, 3.05) is 13.2 Å². The van der Waals surface area contributed by atoms with Gasteiger partial charge >= 0.3 is 47.8 Å². The number of esters is 7. The zero-order valence-electron chi connectivity index (χ0n) is 23.5. The summed E-state index contributed by atoms with van der Waals surface area (Å²) in [5.74, 6) is -7.47. The number of unbranched alkanes of at least 4 members (excludes halogenated alkanes) is 2. The van der Waals surface area contributed by atoms with Crippen LogP contribution in [0.15, 0.2) is 48.5 Å². The van der Waals surface area contributed by atoms with Gasteiger partial charge in [-0.1, -0.05) is 0 Å². The summed E-state index contributed by atoms with van der Waals surface area (Å²) in [7, 11) is 0. The van der Waals surface area contributed by atoms with E-state index in [1.807, 2.05) is 0 Å². The predicted molar refractivity (Wildman–Crippen MR) is 146 cm³/mol. The Hall–Kier alpha value is -5.24. The van der Waals surface area contributed by atoms with Gasteiger partial charge in [0.2, 0.25) is 0 Å². The number of aliphatic hydroxyl groups is 1. The highest BCUT2D eigenvalue weighted by atomic mass is 16.6. The monoisotopic (exact) mass is 614 g/mol. The maximum Gasteiger partial charge on any atom is 0.345 e. The molecule has 2 aromatic carbocycles. The van der Waals surface area contributed by atoms with Crippen molar-refractivity contribution in [1.82, 2.24) is 0 Å². The summed E-state index contributed by atoms with van der Waals surface area (Å²) in [4.78, 5) is 94.4. The molecule has 44 heavy (non-hydrogen) atoms. The molecule has 2 aromatic rings. The molecule has 0 radical (unpaired) electrons. The van der Waals surface area contributed by atoms with Crippen LogP contribution < -0.4 is 0 Å². The lowest BCUT2D eigenvalue weighted by atomic mass is 10.1. The van der Waals surface area contributed by atoms with Crippen LogP contribution in [0.3, 0.4) is 0 Å². The molecule has 0 aromatic heterocycles. The molecule has 0 fully saturated rings. The fraction of sp³-hybridized carbons (Fsp3) is 0.333. The maximum atomic E-state index is 12.2. The molecule has 0 heterocycles. The number of hydrogen-bond donors (Lipinski definition) is 2. The van der Waals surface area contributed by atoms with Gasteiger partial charge in [0.1, 0.15) is 0 Å². The van der Waals surface area contributed by atoms with Gasteiger partial charge in [0.05, 0.1) is 41.7 Å². The lowest BCUT2D eigenvalue weighted by Crippen LogP contribution is -2.16. The minimum atomic E-state index is -1.17. The van der Waals surface area contributed by atoms with Gasteiger partial charge in [-0.15, -0.1) is 0 Å². The average Bonchev–Trinajstić information content (AvgIpc) is 3.00. The second kappa shape index (κ2) is 18.3. The lowest BCUT2D eigenvalue weighted by Gasteiger charge is -2.06. The van der Waals surface area contributed by atoms with E-state index in [2.05, 4.69) is 9.47 Å². The number of aliphatic hydroxyl groups excluding tert-OH is 1. The molecule has 0 atom stereocenters. The molecule has 0 bridgehead atoms. The Morgan fingerprint density at radius 2 is 0.841 bits per heavy atom. The zero-order valence-corrected chi connectivity index (χ0v) is 23.5. The number of carboxylic acid groups (broad SMARTS) is 1. The zero-order chi connectivity index (χ0) is 32.5. The molecule has 14 heteroatoms. The number of carbonyl (C=O) groups is 8. The Kier molecular flexibility index (Phi) is 14.6. The Morgan fingerprint density at radius 3 is 1.23 bits per heavy atom. The van der Waals surface area contributed by atoms with E-state index < -0.39 is 47.8 Å². The second-order valence-corrected chi connectivity index (χ2v) is 9.10. The third-order valence-electron chi connectivity index (χ3n) is 5.70. The van der Waals surface area contributed by atoms with E-state index in [1.54, 1.807) is 0 Å². The van der Waals surface area contributed by atoms with Gasteiger partial charge in [0, 0.05) is 19.4 Å². The number of benzene rings is 2. The van der Waals surface area contributed by atoms with Crippen molar-refractivity contribution in [3.8, 4) is 0 Å². The summed E-state index contributed by atoms with van der Waals surface area (Å²) < 4.78 is 18.9. The summed E-state index contributed by atoms with van der Waals surface area (Å²) >= 11 is 0. The Balaban J connectivity index is 1.67. The SMILES string of the molecule is O=C(CCC(=O)OC(=O)c1ccc(C(=O)OC(=O)CCCCC(=O)OC(=O)c2ccc(C(=O)O)cc2)cc1)OCCCCO. The number of ether oxygens (including phenoxy) is 4. The first-order valence-corrected chi connectivity index (χ1v) is 13.4. The Morgan fingerprint density at radius 1 is 0.477 bits per heavy atom. The van der Waals surface area contributed by atoms with Crippen molar-refractivity contribution in [3.05, 3.63) is 70.8 Å². The number of rotatable bonds is 16. The van der Waals surface area contributed by atoms with Crippen molar-refractivity contribution in [3.63, 3.8) is 0 Å². The summed E-state index contributed by atoms with van der Waals surface area (Å²) in [5, 5.41) is 17.5. The first kappa shape index (κ1) is 35.0. The van der Waals surface area contributed by atoms with E-state index in [4.69, 9.17) is 19.7 Å². The normalized spacial score (nSPS) is 10.3. The van der Waals surface area contributed by atoms with E-state index >= 15 is 0 Å². The highest BCUT2D eigenvalue weighted by Crippen LogP contribution is 2.11. The molecule has 0 aliphatic heterocycles. The van der Waals surface area contributed by atoms with E-state index in [9.17, 15) is 38.4 Å². The largest absolute Gasteiger partial charge is 0.478 e. The summed E-state index contributed by atoms with van der Waals surface area (Å²) in [6, 6.07) is 9.53. The van der Waals surface area contributed by atoms with Gasteiger partial charge in [0.25, 0.3) is 0 Å². The van der Waals surface area contributed by atoms with Gasteiger partial charge in [-0.25, -0.2) is 19.2 Å². The summed E-state index contributed by atoms with van der Waals surface area (Å²) in [6.45, 7) is 0.0723. The minimum Gasteiger partial charge on any atom is -0.478 e. The molecule has 0 aliphatic carbocycles. The average molecular weight is 615 g/mol. The van der Waals surface area contributed by atoms with Gasteiger partial charge in [-0.3, -0.25) is 19.2 Å². The van der Waals surface area contributed by atoms with E-state index in [1.165, 1.54) is 48.5 Å². The van der Waals surface area contributed by atoms with Gasteiger partial charge < -0.3 is 29.2 Å². The highest BCUT2D eigenvalue weighted by molar-refractivity contribution is 6.00. The van der Waals surface area contributed by atoms with Crippen LogP contribution >= 0.6 is 0 Å². The van der Waals surface area contributed by atoms with Crippen LogP contribution in [0.5, 0.6) is 0 Å². The molecule has 0 amide bonds. The third kappa shape index (κ3) is 12.7. The molecule has 2 rings (SSSR count). The van der Waals surface area contributed by atoms with Crippen LogP contribution in [0, 0.1) is 0 Å².